The number of carbonyl (C=O) groups is 5. The molecular formula is C18H20N2O8. The highest BCUT2D eigenvalue weighted by Crippen LogP contribution is 2.22. The van der Waals surface area contributed by atoms with Crippen LogP contribution in [-0.2, 0) is 23.9 Å². The highest BCUT2D eigenvalue weighted by molar-refractivity contribution is 6.20. The minimum absolute atomic E-state index is 0.0805. The van der Waals surface area contributed by atoms with Crippen molar-refractivity contribution in [2.75, 3.05) is 6.61 Å². The molecular weight excluding hydrogens is 372 g/mol. The summed E-state index contributed by atoms with van der Waals surface area (Å²) >= 11 is 0. The smallest absolute Gasteiger partial charge is 0.408 e. The molecule has 10 heteroatoms. The Morgan fingerprint density at radius 1 is 1.07 bits per heavy atom. The normalized spacial score (nSPS) is 14.2. The van der Waals surface area contributed by atoms with Gasteiger partial charge in [0.15, 0.2) is 6.04 Å². The number of hydroxylamine groups is 2. The molecule has 28 heavy (non-hydrogen) atoms. The molecule has 1 aromatic carbocycles. The third-order valence-corrected chi connectivity index (χ3v) is 3.37. The molecule has 0 fully saturated rings. The van der Waals surface area contributed by atoms with E-state index in [2.05, 4.69) is 5.32 Å². The van der Waals surface area contributed by atoms with Crippen molar-refractivity contribution in [3.05, 3.63) is 35.4 Å². The molecule has 0 radical (unpaired) electrons. The van der Waals surface area contributed by atoms with Crippen LogP contribution < -0.4 is 5.32 Å². The van der Waals surface area contributed by atoms with E-state index in [0.717, 1.165) is 6.92 Å². The van der Waals surface area contributed by atoms with E-state index in [0.29, 0.717) is 5.06 Å². The molecule has 0 saturated carbocycles. The first kappa shape index (κ1) is 20.9. The first-order valence-electron chi connectivity index (χ1n) is 8.32. The van der Waals surface area contributed by atoms with E-state index >= 15 is 0 Å². The summed E-state index contributed by atoms with van der Waals surface area (Å²) in [7, 11) is 0. The molecule has 10 nitrogen and oxygen atoms in total. The van der Waals surface area contributed by atoms with Crippen molar-refractivity contribution in [1.29, 1.82) is 0 Å². The first-order valence-corrected chi connectivity index (χ1v) is 8.32. The van der Waals surface area contributed by atoms with Crippen LogP contribution in [0.4, 0.5) is 4.79 Å². The Hall–Kier alpha value is -3.43. The van der Waals surface area contributed by atoms with Crippen molar-refractivity contribution >= 4 is 29.8 Å². The maximum atomic E-state index is 12.4. The Balaban J connectivity index is 2.12. The number of nitrogens with zero attached hydrogens (tertiary/aromatic N) is 1. The predicted molar refractivity (Wildman–Crippen MR) is 92.8 cm³/mol. The van der Waals surface area contributed by atoms with Crippen molar-refractivity contribution in [2.45, 2.75) is 39.3 Å². The standard InChI is InChI=1S/C18H20N2O8/c1-10(21)26-9-13(19-17(25)27-18(2,3)4)16(24)28-20-14(22)11-7-5-6-8-12(11)15(20)23/h5-8,13H,9H2,1-4H3,(H,19,25). The van der Waals surface area contributed by atoms with Gasteiger partial charge < -0.3 is 19.6 Å². The van der Waals surface area contributed by atoms with Gasteiger partial charge in [0.05, 0.1) is 11.1 Å². The summed E-state index contributed by atoms with van der Waals surface area (Å²) in [6.45, 7) is 5.39. The van der Waals surface area contributed by atoms with Crippen molar-refractivity contribution < 1.29 is 38.3 Å². The largest absolute Gasteiger partial charge is 0.463 e. The fraction of sp³-hybridized carbons (Fsp3) is 0.389. The number of imide groups is 1. The maximum absolute atomic E-state index is 12.4. The van der Waals surface area contributed by atoms with Crippen molar-refractivity contribution in [3.63, 3.8) is 0 Å². The molecule has 2 rings (SSSR count). The van der Waals surface area contributed by atoms with Crippen LogP contribution in [0.5, 0.6) is 0 Å². The lowest BCUT2D eigenvalue weighted by Crippen LogP contribution is -2.49. The topological polar surface area (TPSA) is 128 Å². The Labute approximate surface area is 160 Å². The van der Waals surface area contributed by atoms with Crippen LogP contribution in [0.2, 0.25) is 0 Å². The van der Waals surface area contributed by atoms with Gasteiger partial charge in [-0.3, -0.25) is 14.4 Å². The number of hydrogen-bond acceptors (Lipinski definition) is 8. The SMILES string of the molecule is CC(=O)OCC(NC(=O)OC(C)(C)C)C(=O)ON1C(=O)c2ccccc2C1=O. The Kier molecular flexibility index (Phi) is 6.02. The Morgan fingerprint density at radius 2 is 1.61 bits per heavy atom. The maximum Gasteiger partial charge on any atom is 0.408 e. The van der Waals surface area contributed by atoms with Crippen LogP contribution in [0.3, 0.4) is 0 Å². The number of hydrogen-bond donors (Lipinski definition) is 1. The quantitative estimate of drug-likeness (QED) is 0.585. The minimum Gasteiger partial charge on any atom is -0.463 e. The predicted octanol–water partition coefficient (Wildman–Crippen LogP) is 1.20. The van der Waals surface area contributed by atoms with Gasteiger partial charge in [-0.1, -0.05) is 17.2 Å². The monoisotopic (exact) mass is 392 g/mol. The second kappa shape index (κ2) is 8.07. The third-order valence-electron chi connectivity index (χ3n) is 3.37. The molecule has 3 amide bonds. The number of fused-ring (bicyclic) bond motifs is 1. The minimum atomic E-state index is -1.50. The molecule has 0 aromatic heterocycles. The molecule has 1 heterocycles. The van der Waals surface area contributed by atoms with Gasteiger partial charge in [-0.2, -0.15) is 0 Å². The summed E-state index contributed by atoms with van der Waals surface area (Å²) in [6.07, 6.45) is -0.969. The number of alkyl carbamates (subject to hydrolysis) is 1. The van der Waals surface area contributed by atoms with Gasteiger partial charge in [0.1, 0.15) is 12.2 Å². The summed E-state index contributed by atoms with van der Waals surface area (Å²) in [5, 5.41) is 2.49. The zero-order valence-corrected chi connectivity index (χ0v) is 15.8. The van der Waals surface area contributed by atoms with Gasteiger partial charge in [-0.15, -0.1) is 0 Å². The summed E-state index contributed by atoms with van der Waals surface area (Å²) in [6, 6.07) is 4.45. The molecule has 0 saturated heterocycles. The molecule has 1 aliphatic rings. The highest BCUT2D eigenvalue weighted by Gasteiger charge is 2.40. The summed E-state index contributed by atoms with van der Waals surface area (Å²) in [5.41, 5.74) is -0.684. The number of carbonyl (C=O) groups excluding carboxylic acids is 5. The van der Waals surface area contributed by atoms with Crippen LogP contribution in [0.25, 0.3) is 0 Å². The number of benzene rings is 1. The van der Waals surface area contributed by atoms with E-state index in [1.54, 1.807) is 32.9 Å². The average Bonchev–Trinajstić information content (AvgIpc) is 2.82. The summed E-state index contributed by atoms with van der Waals surface area (Å²) in [4.78, 5) is 64.8. The number of amides is 3. The van der Waals surface area contributed by atoms with Gasteiger partial charge in [0.2, 0.25) is 0 Å². The fourth-order valence-corrected chi connectivity index (χ4v) is 2.22. The molecule has 0 bridgehead atoms. The number of rotatable bonds is 5. The second-order valence-corrected chi connectivity index (χ2v) is 6.86. The number of ether oxygens (including phenoxy) is 2. The lowest BCUT2D eigenvalue weighted by molar-refractivity contribution is -0.173. The van der Waals surface area contributed by atoms with Crippen LogP contribution in [0, 0.1) is 0 Å². The molecule has 1 N–H and O–H groups in total. The lowest BCUT2D eigenvalue weighted by atomic mass is 10.1. The molecule has 1 aromatic rings. The van der Waals surface area contributed by atoms with E-state index in [1.807, 2.05) is 0 Å². The van der Waals surface area contributed by atoms with Crippen LogP contribution >= 0.6 is 0 Å². The molecule has 1 aliphatic heterocycles. The Bertz CT molecular complexity index is 792. The molecule has 1 unspecified atom stereocenters. The molecule has 150 valence electrons. The van der Waals surface area contributed by atoms with E-state index in [-0.39, 0.29) is 11.1 Å². The third kappa shape index (κ3) is 5.06. The number of nitrogens with one attached hydrogen (secondary N) is 1. The van der Waals surface area contributed by atoms with Gasteiger partial charge >= 0.3 is 18.0 Å². The lowest BCUT2D eigenvalue weighted by Gasteiger charge is -2.23. The average molecular weight is 392 g/mol. The van der Waals surface area contributed by atoms with Gasteiger partial charge in [0.25, 0.3) is 11.8 Å². The second-order valence-electron chi connectivity index (χ2n) is 6.86. The highest BCUT2D eigenvalue weighted by atomic mass is 16.7. The number of esters is 1. The van der Waals surface area contributed by atoms with E-state index < -0.39 is 48.1 Å². The first-order chi connectivity index (χ1) is 13.0. The zero-order valence-electron chi connectivity index (χ0n) is 15.8. The zero-order chi connectivity index (χ0) is 21.1. The van der Waals surface area contributed by atoms with Gasteiger partial charge in [-0.25, -0.2) is 9.59 Å². The van der Waals surface area contributed by atoms with Crippen LogP contribution in [0.1, 0.15) is 48.4 Å². The summed E-state index contributed by atoms with van der Waals surface area (Å²) in [5.74, 6) is -3.53. The summed E-state index contributed by atoms with van der Waals surface area (Å²) < 4.78 is 9.78. The van der Waals surface area contributed by atoms with E-state index in [4.69, 9.17) is 14.3 Å². The van der Waals surface area contributed by atoms with Crippen molar-refractivity contribution in [1.82, 2.24) is 10.4 Å². The van der Waals surface area contributed by atoms with Crippen molar-refractivity contribution in [3.8, 4) is 0 Å². The molecule has 0 aliphatic carbocycles. The van der Waals surface area contributed by atoms with Crippen molar-refractivity contribution in [2.24, 2.45) is 0 Å². The Morgan fingerprint density at radius 3 is 2.07 bits per heavy atom. The van der Waals surface area contributed by atoms with E-state index in [9.17, 15) is 24.0 Å². The van der Waals surface area contributed by atoms with Gasteiger partial charge in [-0.05, 0) is 32.9 Å². The molecule has 1 atom stereocenters. The van der Waals surface area contributed by atoms with Crippen LogP contribution in [-0.4, -0.2) is 53.2 Å². The molecule has 0 spiro atoms. The van der Waals surface area contributed by atoms with Crippen LogP contribution in [0.15, 0.2) is 24.3 Å². The van der Waals surface area contributed by atoms with E-state index in [1.165, 1.54) is 12.1 Å². The van der Waals surface area contributed by atoms with Gasteiger partial charge in [0, 0.05) is 6.92 Å². The fourth-order valence-electron chi connectivity index (χ4n) is 2.22.